The molecule has 0 aliphatic heterocycles. The van der Waals surface area contributed by atoms with Crippen molar-refractivity contribution in [3.05, 3.63) is 16.1 Å². The van der Waals surface area contributed by atoms with E-state index in [0.29, 0.717) is 13.0 Å². The Labute approximate surface area is 93.9 Å². The zero-order valence-electron chi connectivity index (χ0n) is 9.12. The van der Waals surface area contributed by atoms with E-state index in [-0.39, 0.29) is 11.9 Å². The molecule has 0 bridgehead atoms. The van der Waals surface area contributed by atoms with E-state index in [4.69, 9.17) is 5.73 Å². The molecule has 0 radical (unpaired) electrons. The largest absolute Gasteiger partial charge is 0.351 e. The summed E-state index contributed by atoms with van der Waals surface area (Å²) < 4.78 is 0. The van der Waals surface area contributed by atoms with Crippen molar-refractivity contribution in [2.24, 2.45) is 5.73 Å². The zero-order chi connectivity index (χ0) is 11.3. The minimum Gasteiger partial charge on any atom is -0.351 e. The number of nitrogens with two attached hydrogens (primary N) is 1. The molecule has 0 aliphatic carbocycles. The van der Waals surface area contributed by atoms with Crippen molar-refractivity contribution in [1.82, 2.24) is 10.3 Å². The van der Waals surface area contributed by atoms with Gasteiger partial charge in [-0.15, -0.1) is 11.3 Å². The van der Waals surface area contributed by atoms with Crippen LogP contribution >= 0.6 is 11.3 Å². The summed E-state index contributed by atoms with van der Waals surface area (Å²) in [5, 5.41) is 3.87. The van der Waals surface area contributed by atoms with Gasteiger partial charge in [0.15, 0.2) is 0 Å². The van der Waals surface area contributed by atoms with Crippen LogP contribution in [0.3, 0.4) is 0 Å². The molecule has 1 rings (SSSR count). The van der Waals surface area contributed by atoms with Crippen LogP contribution in [0.15, 0.2) is 6.20 Å². The molecule has 0 aliphatic rings. The molecule has 4 nitrogen and oxygen atoms in total. The maximum atomic E-state index is 11.3. The quantitative estimate of drug-likeness (QED) is 0.794. The van der Waals surface area contributed by atoms with Crippen molar-refractivity contribution in [2.45, 2.75) is 39.3 Å². The van der Waals surface area contributed by atoms with E-state index < -0.39 is 0 Å². The molecular formula is C10H17N3OS. The number of hydrogen-bond donors (Lipinski definition) is 2. The van der Waals surface area contributed by atoms with E-state index >= 15 is 0 Å². The molecule has 0 saturated carbocycles. The normalized spacial score (nSPS) is 12.5. The summed E-state index contributed by atoms with van der Waals surface area (Å²) in [6, 6.07) is 0.0846. The third-order valence-corrected chi connectivity index (χ3v) is 2.87. The van der Waals surface area contributed by atoms with Gasteiger partial charge >= 0.3 is 0 Å². The van der Waals surface area contributed by atoms with Crippen LogP contribution in [0, 0.1) is 6.92 Å². The molecule has 1 amide bonds. The summed E-state index contributed by atoms with van der Waals surface area (Å²) >= 11 is 1.60. The SMILES string of the molecule is Cc1ncc(CNC(=O)CCC(C)N)s1. The molecule has 84 valence electrons. The molecule has 15 heavy (non-hydrogen) atoms. The van der Waals surface area contributed by atoms with Gasteiger partial charge in [0, 0.05) is 23.5 Å². The van der Waals surface area contributed by atoms with E-state index in [0.717, 1.165) is 16.3 Å². The molecule has 3 N–H and O–H groups in total. The average molecular weight is 227 g/mol. The summed E-state index contributed by atoms with van der Waals surface area (Å²) in [6.45, 7) is 4.43. The molecule has 1 unspecified atom stereocenters. The van der Waals surface area contributed by atoms with E-state index in [2.05, 4.69) is 10.3 Å². The number of carbonyl (C=O) groups is 1. The van der Waals surface area contributed by atoms with Gasteiger partial charge in [-0.05, 0) is 20.3 Å². The maximum Gasteiger partial charge on any atom is 0.220 e. The fourth-order valence-electron chi connectivity index (χ4n) is 1.12. The van der Waals surface area contributed by atoms with Crippen LogP contribution in [0.25, 0.3) is 0 Å². The molecule has 1 aromatic heterocycles. The highest BCUT2D eigenvalue weighted by Gasteiger charge is 2.04. The zero-order valence-corrected chi connectivity index (χ0v) is 9.93. The summed E-state index contributed by atoms with van der Waals surface area (Å²) in [4.78, 5) is 16.5. The lowest BCUT2D eigenvalue weighted by Crippen LogP contribution is -2.25. The number of aryl methyl sites for hydroxylation is 1. The molecule has 0 saturated heterocycles. The fraction of sp³-hybridized carbons (Fsp3) is 0.600. The number of amides is 1. The second-order valence-corrected chi connectivity index (χ2v) is 4.96. The topological polar surface area (TPSA) is 68.0 Å². The Kier molecular flexibility index (Phi) is 4.71. The first-order chi connectivity index (χ1) is 7.08. The average Bonchev–Trinajstić information content (AvgIpc) is 2.58. The van der Waals surface area contributed by atoms with E-state index in [1.807, 2.05) is 13.8 Å². The van der Waals surface area contributed by atoms with Gasteiger partial charge < -0.3 is 11.1 Å². The predicted molar refractivity (Wildman–Crippen MR) is 61.6 cm³/mol. The van der Waals surface area contributed by atoms with Gasteiger partial charge in [0.25, 0.3) is 0 Å². The van der Waals surface area contributed by atoms with Crippen LogP contribution in [0.2, 0.25) is 0 Å². The summed E-state index contributed by atoms with van der Waals surface area (Å²) in [5.74, 6) is 0.0540. The van der Waals surface area contributed by atoms with Crippen molar-refractivity contribution in [3.63, 3.8) is 0 Å². The lowest BCUT2D eigenvalue weighted by Gasteiger charge is -2.05. The van der Waals surface area contributed by atoms with Crippen molar-refractivity contribution in [2.75, 3.05) is 0 Å². The first-order valence-electron chi connectivity index (χ1n) is 5.01. The van der Waals surface area contributed by atoms with Crippen LogP contribution in [0.4, 0.5) is 0 Å². The summed E-state index contributed by atoms with van der Waals surface area (Å²) in [6.07, 6.45) is 3.02. The Morgan fingerprint density at radius 2 is 2.47 bits per heavy atom. The third-order valence-electron chi connectivity index (χ3n) is 1.96. The number of aromatic nitrogens is 1. The van der Waals surface area contributed by atoms with Gasteiger partial charge in [0.1, 0.15) is 0 Å². The lowest BCUT2D eigenvalue weighted by molar-refractivity contribution is -0.121. The van der Waals surface area contributed by atoms with Gasteiger partial charge in [-0.2, -0.15) is 0 Å². The van der Waals surface area contributed by atoms with Gasteiger partial charge in [0.2, 0.25) is 5.91 Å². The molecule has 1 atom stereocenters. The summed E-state index contributed by atoms with van der Waals surface area (Å²) in [5.41, 5.74) is 5.56. The van der Waals surface area contributed by atoms with Crippen LogP contribution in [0.1, 0.15) is 29.7 Å². The van der Waals surface area contributed by atoms with Crippen molar-refractivity contribution < 1.29 is 4.79 Å². The van der Waals surface area contributed by atoms with Gasteiger partial charge in [-0.3, -0.25) is 4.79 Å². The number of rotatable bonds is 5. The monoisotopic (exact) mass is 227 g/mol. The fourth-order valence-corrected chi connectivity index (χ4v) is 1.85. The minimum atomic E-state index is 0.0540. The number of thiazole rings is 1. The Bertz CT molecular complexity index is 322. The molecule has 1 aromatic rings. The minimum absolute atomic E-state index is 0.0540. The van der Waals surface area contributed by atoms with Crippen molar-refractivity contribution in [3.8, 4) is 0 Å². The smallest absolute Gasteiger partial charge is 0.220 e. The Balaban J connectivity index is 2.22. The first kappa shape index (κ1) is 12.1. The van der Waals surface area contributed by atoms with Gasteiger partial charge in [-0.25, -0.2) is 4.98 Å². The molecule has 0 fully saturated rings. The van der Waals surface area contributed by atoms with Crippen molar-refractivity contribution >= 4 is 17.2 Å². The predicted octanol–water partition coefficient (Wildman–Crippen LogP) is 1.20. The highest BCUT2D eigenvalue weighted by molar-refractivity contribution is 7.11. The second kappa shape index (κ2) is 5.82. The maximum absolute atomic E-state index is 11.3. The van der Waals surface area contributed by atoms with Crippen LogP contribution < -0.4 is 11.1 Å². The van der Waals surface area contributed by atoms with Crippen LogP contribution in [-0.2, 0) is 11.3 Å². The van der Waals surface area contributed by atoms with Crippen LogP contribution in [-0.4, -0.2) is 16.9 Å². The third kappa shape index (κ3) is 4.90. The summed E-state index contributed by atoms with van der Waals surface area (Å²) in [7, 11) is 0. The highest BCUT2D eigenvalue weighted by Crippen LogP contribution is 2.10. The van der Waals surface area contributed by atoms with Crippen LogP contribution in [0.5, 0.6) is 0 Å². The number of nitrogens with zero attached hydrogens (tertiary/aromatic N) is 1. The first-order valence-corrected chi connectivity index (χ1v) is 5.83. The van der Waals surface area contributed by atoms with E-state index in [9.17, 15) is 4.79 Å². The van der Waals surface area contributed by atoms with E-state index in [1.165, 1.54) is 0 Å². The Morgan fingerprint density at radius 3 is 3.00 bits per heavy atom. The Hall–Kier alpha value is -0.940. The van der Waals surface area contributed by atoms with E-state index in [1.54, 1.807) is 17.5 Å². The van der Waals surface area contributed by atoms with Gasteiger partial charge in [-0.1, -0.05) is 0 Å². The molecule has 0 spiro atoms. The highest BCUT2D eigenvalue weighted by atomic mass is 32.1. The second-order valence-electron chi connectivity index (χ2n) is 3.64. The number of hydrogen-bond acceptors (Lipinski definition) is 4. The molecule has 5 heteroatoms. The number of carbonyl (C=O) groups excluding carboxylic acids is 1. The van der Waals surface area contributed by atoms with Gasteiger partial charge in [0.05, 0.1) is 11.6 Å². The molecular weight excluding hydrogens is 210 g/mol. The molecule has 1 heterocycles. The number of nitrogens with one attached hydrogen (secondary N) is 1. The Morgan fingerprint density at radius 1 is 1.73 bits per heavy atom. The molecule has 0 aromatic carbocycles. The standard InChI is InChI=1S/C10H17N3OS/c1-7(11)3-4-10(14)13-6-9-5-12-8(2)15-9/h5,7H,3-4,6,11H2,1-2H3,(H,13,14). The lowest BCUT2D eigenvalue weighted by atomic mass is 10.2. The van der Waals surface area contributed by atoms with Crippen molar-refractivity contribution in [1.29, 1.82) is 0 Å².